The number of hydrogen-bond donors (Lipinski definition) is 1. The largest absolute Gasteiger partial charge is 0.344 e. The van der Waals surface area contributed by atoms with Crippen molar-refractivity contribution in [2.24, 2.45) is 17.6 Å². The third-order valence-corrected chi connectivity index (χ3v) is 4.29. The van der Waals surface area contributed by atoms with Crippen LogP contribution in [0, 0.1) is 11.8 Å². The molecule has 0 aromatic heterocycles. The summed E-state index contributed by atoms with van der Waals surface area (Å²) in [6.07, 6.45) is 2.16. The summed E-state index contributed by atoms with van der Waals surface area (Å²) in [5.41, 5.74) is 5.79. The highest BCUT2D eigenvalue weighted by Gasteiger charge is 2.37. The molecule has 0 saturated carbocycles. The molecule has 3 unspecified atom stereocenters. The Labute approximate surface area is 97.8 Å². The quantitative estimate of drug-likeness (QED) is 0.727. The van der Waals surface area contributed by atoms with Crippen LogP contribution in [0.5, 0.6) is 0 Å². The predicted molar refractivity (Wildman–Crippen MR) is 63.9 cm³/mol. The van der Waals surface area contributed by atoms with Gasteiger partial charge in [-0.1, -0.05) is 6.92 Å². The summed E-state index contributed by atoms with van der Waals surface area (Å²) in [7, 11) is 1.90. The van der Waals surface area contributed by atoms with E-state index in [1.165, 1.54) is 6.42 Å². The van der Waals surface area contributed by atoms with E-state index in [0.29, 0.717) is 17.7 Å². The molecule has 4 nitrogen and oxygen atoms in total. The van der Waals surface area contributed by atoms with Crippen LogP contribution in [0.2, 0.25) is 0 Å². The molecule has 0 bridgehead atoms. The van der Waals surface area contributed by atoms with E-state index < -0.39 is 0 Å². The van der Waals surface area contributed by atoms with E-state index in [1.807, 2.05) is 11.9 Å². The molecule has 2 heterocycles. The molecule has 0 radical (unpaired) electrons. The van der Waals surface area contributed by atoms with Crippen LogP contribution in [0.3, 0.4) is 0 Å². The standard InChI is InChI=1S/C12H23N3O/c1-9-3-6-15(8-10(9)7-13)11-4-5-14(2)12(11)16/h9-11H,3-8,13H2,1-2H3. The Morgan fingerprint density at radius 2 is 2.12 bits per heavy atom. The topological polar surface area (TPSA) is 49.6 Å². The molecule has 0 aromatic carbocycles. The van der Waals surface area contributed by atoms with E-state index in [-0.39, 0.29) is 6.04 Å². The first-order valence-electron chi connectivity index (χ1n) is 6.32. The highest BCUT2D eigenvalue weighted by molar-refractivity contribution is 5.83. The molecule has 92 valence electrons. The fourth-order valence-corrected chi connectivity index (χ4v) is 2.91. The fourth-order valence-electron chi connectivity index (χ4n) is 2.91. The zero-order valence-electron chi connectivity index (χ0n) is 10.4. The summed E-state index contributed by atoms with van der Waals surface area (Å²) in [5, 5.41) is 0. The normalized spacial score (nSPS) is 37.1. The molecule has 2 aliphatic heterocycles. The maximum absolute atomic E-state index is 11.9. The number of amides is 1. The SMILES string of the molecule is CC1CCN(C2CCN(C)C2=O)CC1CN. The summed E-state index contributed by atoms with van der Waals surface area (Å²) >= 11 is 0. The fraction of sp³-hybridized carbons (Fsp3) is 0.917. The summed E-state index contributed by atoms with van der Waals surface area (Å²) in [6, 6.07) is 0.131. The zero-order valence-corrected chi connectivity index (χ0v) is 10.4. The van der Waals surface area contributed by atoms with Crippen LogP contribution < -0.4 is 5.73 Å². The van der Waals surface area contributed by atoms with E-state index in [0.717, 1.165) is 32.6 Å². The Hall–Kier alpha value is -0.610. The van der Waals surface area contributed by atoms with Crippen molar-refractivity contribution in [1.82, 2.24) is 9.80 Å². The number of hydrogen-bond acceptors (Lipinski definition) is 3. The molecular formula is C12H23N3O. The second kappa shape index (κ2) is 4.72. The van der Waals surface area contributed by atoms with Crippen molar-refractivity contribution in [3.05, 3.63) is 0 Å². The minimum atomic E-state index is 0.131. The van der Waals surface area contributed by atoms with Gasteiger partial charge in [-0.2, -0.15) is 0 Å². The lowest BCUT2D eigenvalue weighted by molar-refractivity contribution is -0.131. The van der Waals surface area contributed by atoms with Gasteiger partial charge in [0.05, 0.1) is 6.04 Å². The van der Waals surface area contributed by atoms with Gasteiger partial charge >= 0.3 is 0 Å². The number of piperidine rings is 1. The van der Waals surface area contributed by atoms with Crippen LogP contribution in [0.1, 0.15) is 19.8 Å². The highest BCUT2D eigenvalue weighted by Crippen LogP contribution is 2.26. The van der Waals surface area contributed by atoms with Crippen molar-refractivity contribution in [3.63, 3.8) is 0 Å². The Balaban J connectivity index is 1.98. The van der Waals surface area contributed by atoms with Gasteiger partial charge in [-0.25, -0.2) is 0 Å². The van der Waals surface area contributed by atoms with Crippen molar-refractivity contribution < 1.29 is 4.79 Å². The molecule has 2 rings (SSSR count). The molecular weight excluding hydrogens is 202 g/mol. The lowest BCUT2D eigenvalue weighted by atomic mass is 9.86. The number of nitrogens with two attached hydrogens (primary N) is 1. The highest BCUT2D eigenvalue weighted by atomic mass is 16.2. The van der Waals surface area contributed by atoms with Gasteiger partial charge in [-0.3, -0.25) is 9.69 Å². The number of rotatable bonds is 2. The van der Waals surface area contributed by atoms with E-state index in [2.05, 4.69) is 11.8 Å². The van der Waals surface area contributed by atoms with Gasteiger partial charge in [0.15, 0.2) is 0 Å². The first-order valence-corrected chi connectivity index (χ1v) is 6.32. The number of carbonyl (C=O) groups excluding carboxylic acids is 1. The Morgan fingerprint density at radius 3 is 2.69 bits per heavy atom. The van der Waals surface area contributed by atoms with Crippen molar-refractivity contribution in [3.8, 4) is 0 Å². The van der Waals surface area contributed by atoms with Crippen LogP contribution in [0.25, 0.3) is 0 Å². The van der Waals surface area contributed by atoms with E-state index in [4.69, 9.17) is 5.73 Å². The average Bonchev–Trinajstić information content (AvgIpc) is 2.61. The summed E-state index contributed by atoms with van der Waals surface area (Å²) in [5.74, 6) is 1.56. The molecule has 2 saturated heterocycles. The molecule has 2 fully saturated rings. The van der Waals surface area contributed by atoms with E-state index >= 15 is 0 Å². The lowest BCUT2D eigenvalue weighted by Gasteiger charge is -2.39. The van der Waals surface area contributed by atoms with E-state index in [1.54, 1.807) is 0 Å². The number of nitrogens with zero attached hydrogens (tertiary/aromatic N) is 2. The van der Waals surface area contributed by atoms with Gasteiger partial charge in [0, 0.05) is 20.1 Å². The van der Waals surface area contributed by atoms with Gasteiger partial charge in [0.1, 0.15) is 0 Å². The zero-order chi connectivity index (χ0) is 11.7. The lowest BCUT2D eigenvalue weighted by Crippen LogP contribution is -2.49. The molecule has 4 heteroatoms. The maximum Gasteiger partial charge on any atom is 0.239 e. The molecule has 0 spiro atoms. The second-order valence-corrected chi connectivity index (χ2v) is 5.32. The number of carbonyl (C=O) groups is 1. The maximum atomic E-state index is 11.9. The summed E-state index contributed by atoms with van der Waals surface area (Å²) in [4.78, 5) is 16.1. The molecule has 1 amide bonds. The molecule has 2 aliphatic rings. The second-order valence-electron chi connectivity index (χ2n) is 5.32. The van der Waals surface area contributed by atoms with Crippen LogP contribution >= 0.6 is 0 Å². The summed E-state index contributed by atoms with van der Waals surface area (Å²) in [6.45, 7) is 5.98. The predicted octanol–water partition coefficient (Wildman–Crippen LogP) is 0.134. The third-order valence-electron chi connectivity index (χ3n) is 4.29. The molecule has 3 atom stereocenters. The van der Waals surface area contributed by atoms with Crippen molar-refractivity contribution in [1.29, 1.82) is 0 Å². The van der Waals surface area contributed by atoms with Crippen LogP contribution in [0.15, 0.2) is 0 Å². The Morgan fingerprint density at radius 1 is 1.38 bits per heavy atom. The molecule has 0 aromatic rings. The summed E-state index contributed by atoms with van der Waals surface area (Å²) < 4.78 is 0. The van der Waals surface area contributed by atoms with Gasteiger partial charge in [0.2, 0.25) is 5.91 Å². The smallest absolute Gasteiger partial charge is 0.239 e. The average molecular weight is 225 g/mol. The minimum Gasteiger partial charge on any atom is -0.344 e. The van der Waals surface area contributed by atoms with Gasteiger partial charge < -0.3 is 10.6 Å². The monoisotopic (exact) mass is 225 g/mol. The van der Waals surface area contributed by atoms with Gasteiger partial charge in [-0.05, 0) is 37.8 Å². The molecule has 0 aliphatic carbocycles. The van der Waals surface area contributed by atoms with Crippen LogP contribution in [-0.2, 0) is 4.79 Å². The van der Waals surface area contributed by atoms with Crippen molar-refractivity contribution >= 4 is 5.91 Å². The first kappa shape index (κ1) is 11.9. The minimum absolute atomic E-state index is 0.131. The third kappa shape index (κ3) is 2.09. The van der Waals surface area contributed by atoms with Gasteiger partial charge in [0.25, 0.3) is 0 Å². The Bertz CT molecular complexity index is 269. The molecule has 2 N–H and O–H groups in total. The first-order chi connectivity index (χ1) is 7.63. The van der Waals surface area contributed by atoms with Crippen molar-refractivity contribution in [2.45, 2.75) is 25.8 Å². The number of likely N-dealkylation sites (tertiary alicyclic amines) is 2. The molecule has 16 heavy (non-hydrogen) atoms. The number of likely N-dealkylation sites (N-methyl/N-ethyl adjacent to an activating group) is 1. The van der Waals surface area contributed by atoms with Gasteiger partial charge in [-0.15, -0.1) is 0 Å². The van der Waals surface area contributed by atoms with Crippen molar-refractivity contribution in [2.75, 3.05) is 33.2 Å². The van der Waals surface area contributed by atoms with E-state index in [9.17, 15) is 4.79 Å². The Kier molecular flexibility index (Phi) is 3.50. The van der Waals surface area contributed by atoms with Crippen LogP contribution in [-0.4, -0.2) is 55.0 Å². The van der Waals surface area contributed by atoms with Crippen LogP contribution in [0.4, 0.5) is 0 Å².